The SMILES string of the molecule is Cc1cc(=O)c(C(=O)NCC(C)(C)CCCl)c[nH]1. The van der Waals surface area contributed by atoms with E-state index < -0.39 is 0 Å². The molecule has 2 N–H and O–H groups in total. The summed E-state index contributed by atoms with van der Waals surface area (Å²) >= 11 is 5.69. The van der Waals surface area contributed by atoms with Gasteiger partial charge in [-0.15, -0.1) is 11.6 Å². The maximum atomic E-state index is 11.9. The van der Waals surface area contributed by atoms with Crippen molar-refractivity contribution >= 4 is 17.5 Å². The lowest BCUT2D eigenvalue weighted by Gasteiger charge is -2.23. The van der Waals surface area contributed by atoms with Gasteiger partial charge in [0, 0.05) is 30.4 Å². The summed E-state index contributed by atoms with van der Waals surface area (Å²) in [5, 5.41) is 2.77. The summed E-state index contributed by atoms with van der Waals surface area (Å²) in [5.41, 5.74) is 0.537. The summed E-state index contributed by atoms with van der Waals surface area (Å²) in [5.74, 6) is 0.201. The number of halogens is 1. The molecule has 1 heterocycles. The Hall–Kier alpha value is -1.29. The number of aromatic amines is 1. The van der Waals surface area contributed by atoms with Gasteiger partial charge in [0.15, 0.2) is 5.43 Å². The fourth-order valence-electron chi connectivity index (χ4n) is 1.51. The number of nitrogens with one attached hydrogen (secondary N) is 2. The zero-order valence-electron chi connectivity index (χ0n) is 11.0. The van der Waals surface area contributed by atoms with Gasteiger partial charge < -0.3 is 10.3 Å². The Morgan fingerprint density at radius 1 is 1.50 bits per heavy atom. The van der Waals surface area contributed by atoms with Gasteiger partial charge in [-0.2, -0.15) is 0 Å². The third-order valence-electron chi connectivity index (χ3n) is 2.80. The molecule has 0 fully saturated rings. The van der Waals surface area contributed by atoms with Crippen LogP contribution in [0, 0.1) is 12.3 Å². The number of H-pyrrole nitrogens is 1. The van der Waals surface area contributed by atoms with Crippen LogP contribution in [0.15, 0.2) is 17.1 Å². The molecule has 5 heteroatoms. The lowest BCUT2D eigenvalue weighted by atomic mass is 9.90. The fraction of sp³-hybridized carbons (Fsp3) is 0.538. The van der Waals surface area contributed by atoms with Crippen LogP contribution in [0.25, 0.3) is 0 Å². The Morgan fingerprint density at radius 2 is 2.17 bits per heavy atom. The third kappa shape index (κ3) is 4.18. The van der Waals surface area contributed by atoms with Crippen LogP contribution in [0.4, 0.5) is 0 Å². The minimum absolute atomic E-state index is 0.0745. The maximum absolute atomic E-state index is 11.9. The summed E-state index contributed by atoms with van der Waals surface area (Å²) in [7, 11) is 0. The van der Waals surface area contributed by atoms with Crippen LogP contribution in [0.3, 0.4) is 0 Å². The molecule has 100 valence electrons. The zero-order valence-corrected chi connectivity index (χ0v) is 11.7. The monoisotopic (exact) mass is 270 g/mol. The van der Waals surface area contributed by atoms with Gasteiger partial charge in [0.2, 0.25) is 0 Å². The molecule has 0 bridgehead atoms. The molecule has 1 aromatic rings. The predicted octanol–water partition coefficient (Wildman–Crippen LogP) is 2.07. The van der Waals surface area contributed by atoms with Gasteiger partial charge >= 0.3 is 0 Å². The zero-order chi connectivity index (χ0) is 13.8. The summed E-state index contributed by atoms with van der Waals surface area (Å²) in [4.78, 5) is 26.4. The first-order valence-corrected chi connectivity index (χ1v) is 6.43. The van der Waals surface area contributed by atoms with E-state index in [1.165, 1.54) is 12.3 Å². The molecule has 18 heavy (non-hydrogen) atoms. The summed E-state index contributed by atoms with van der Waals surface area (Å²) in [6, 6.07) is 1.42. The first-order chi connectivity index (χ1) is 8.35. The second kappa shape index (κ2) is 6.05. The highest BCUT2D eigenvalue weighted by Crippen LogP contribution is 2.19. The first-order valence-electron chi connectivity index (χ1n) is 5.89. The van der Waals surface area contributed by atoms with Gasteiger partial charge in [-0.3, -0.25) is 9.59 Å². The van der Waals surface area contributed by atoms with Crippen molar-refractivity contribution in [3.63, 3.8) is 0 Å². The highest BCUT2D eigenvalue weighted by molar-refractivity contribution is 6.17. The van der Waals surface area contributed by atoms with Crippen molar-refractivity contribution in [2.24, 2.45) is 5.41 Å². The summed E-state index contributed by atoms with van der Waals surface area (Å²) < 4.78 is 0. The Balaban J connectivity index is 2.69. The first kappa shape index (κ1) is 14.8. The van der Waals surface area contributed by atoms with Gasteiger partial charge in [-0.25, -0.2) is 0 Å². The molecule has 0 aromatic carbocycles. The number of carbonyl (C=O) groups excluding carboxylic acids is 1. The molecule has 1 aromatic heterocycles. The van der Waals surface area contributed by atoms with Crippen LogP contribution < -0.4 is 10.7 Å². The smallest absolute Gasteiger partial charge is 0.256 e. The van der Waals surface area contributed by atoms with E-state index in [-0.39, 0.29) is 22.3 Å². The number of hydrogen-bond acceptors (Lipinski definition) is 2. The molecule has 0 radical (unpaired) electrons. The Kier molecular flexibility index (Phi) is 4.96. The lowest BCUT2D eigenvalue weighted by molar-refractivity contribution is 0.0934. The van der Waals surface area contributed by atoms with E-state index in [9.17, 15) is 9.59 Å². The van der Waals surface area contributed by atoms with Crippen molar-refractivity contribution in [3.05, 3.63) is 33.7 Å². The van der Waals surface area contributed by atoms with Crippen LogP contribution in [0.5, 0.6) is 0 Å². The number of carbonyl (C=O) groups is 1. The van der Waals surface area contributed by atoms with E-state index in [4.69, 9.17) is 11.6 Å². The van der Waals surface area contributed by atoms with E-state index in [1.54, 1.807) is 6.92 Å². The van der Waals surface area contributed by atoms with Crippen molar-refractivity contribution in [2.75, 3.05) is 12.4 Å². The van der Waals surface area contributed by atoms with Crippen LogP contribution in [0.1, 0.15) is 36.3 Å². The second-order valence-corrected chi connectivity index (χ2v) is 5.56. The largest absolute Gasteiger partial charge is 0.364 e. The Labute approximate surface area is 112 Å². The topological polar surface area (TPSA) is 62.0 Å². The van der Waals surface area contributed by atoms with Crippen molar-refractivity contribution in [3.8, 4) is 0 Å². The van der Waals surface area contributed by atoms with Gasteiger partial charge in [0.05, 0.1) is 0 Å². The number of aryl methyl sites for hydroxylation is 1. The van der Waals surface area contributed by atoms with Crippen LogP contribution >= 0.6 is 11.6 Å². The van der Waals surface area contributed by atoms with Crippen LogP contribution in [0.2, 0.25) is 0 Å². The average molecular weight is 271 g/mol. The van der Waals surface area contributed by atoms with Crippen molar-refractivity contribution in [2.45, 2.75) is 27.2 Å². The summed E-state index contributed by atoms with van der Waals surface area (Å²) in [6.45, 7) is 6.31. The van der Waals surface area contributed by atoms with Gasteiger partial charge in [0.25, 0.3) is 5.91 Å². The number of amides is 1. The molecule has 0 unspecified atom stereocenters. The molecule has 0 aliphatic carbocycles. The predicted molar refractivity (Wildman–Crippen MR) is 73.3 cm³/mol. The molecule has 1 rings (SSSR count). The third-order valence-corrected chi connectivity index (χ3v) is 2.99. The Bertz CT molecular complexity index is 480. The number of hydrogen-bond donors (Lipinski definition) is 2. The van der Waals surface area contributed by atoms with Gasteiger partial charge in [-0.1, -0.05) is 13.8 Å². The minimum atomic E-state index is -0.348. The normalized spacial score (nSPS) is 11.3. The molecule has 0 aliphatic rings. The van der Waals surface area contributed by atoms with E-state index in [0.29, 0.717) is 12.4 Å². The molecule has 0 aliphatic heterocycles. The number of rotatable bonds is 5. The molecular weight excluding hydrogens is 252 g/mol. The standard InChI is InChI=1S/C13H19ClN2O2/c1-9-6-11(17)10(7-15-9)12(18)16-8-13(2,3)4-5-14/h6-7H,4-5,8H2,1-3H3,(H,15,17)(H,16,18). The van der Waals surface area contributed by atoms with Gasteiger partial charge in [-0.05, 0) is 18.8 Å². The van der Waals surface area contributed by atoms with Gasteiger partial charge in [0.1, 0.15) is 5.56 Å². The number of pyridine rings is 1. The quantitative estimate of drug-likeness (QED) is 0.805. The van der Waals surface area contributed by atoms with E-state index in [0.717, 1.165) is 12.1 Å². The van der Waals surface area contributed by atoms with Crippen molar-refractivity contribution < 1.29 is 4.79 Å². The molecule has 0 saturated heterocycles. The molecule has 0 spiro atoms. The van der Waals surface area contributed by atoms with E-state index in [2.05, 4.69) is 10.3 Å². The lowest BCUT2D eigenvalue weighted by Crippen LogP contribution is -2.36. The molecule has 4 nitrogen and oxygen atoms in total. The molecule has 0 saturated carbocycles. The maximum Gasteiger partial charge on any atom is 0.256 e. The highest BCUT2D eigenvalue weighted by atomic mass is 35.5. The molecule has 0 atom stereocenters. The molecular formula is C13H19ClN2O2. The Morgan fingerprint density at radius 3 is 2.72 bits per heavy atom. The summed E-state index contributed by atoms with van der Waals surface area (Å²) in [6.07, 6.45) is 2.25. The number of aromatic nitrogens is 1. The molecule has 1 amide bonds. The van der Waals surface area contributed by atoms with Crippen molar-refractivity contribution in [1.82, 2.24) is 10.3 Å². The van der Waals surface area contributed by atoms with Crippen LogP contribution in [-0.2, 0) is 0 Å². The van der Waals surface area contributed by atoms with E-state index >= 15 is 0 Å². The average Bonchev–Trinajstić information content (AvgIpc) is 2.26. The van der Waals surface area contributed by atoms with Crippen LogP contribution in [-0.4, -0.2) is 23.3 Å². The second-order valence-electron chi connectivity index (χ2n) is 5.18. The highest BCUT2D eigenvalue weighted by Gasteiger charge is 2.19. The fourth-order valence-corrected chi connectivity index (χ4v) is 2.02. The van der Waals surface area contributed by atoms with E-state index in [1.807, 2.05) is 13.8 Å². The minimum Gasteiger partial charge on any atom is -0.364 e. The number of alkyl halides is 1. The van der Waals surface area contributed by atoms with Crippen molar-refractivity contribution in [1.29, 1.82) is 0 Å².